The fraction of sp³-hybridized carbons (Fsp3) is 0.750. The normalized spacial score (nSPS) is 26.3. The van der Waals surface area contributed by atoms with Crippen molar-refractivity contribution >= 4 is 0 Å². The van der Waals surface area contributed by atoms with E-state index in [4.69, 9.17) is 10.6 Å². The second kappa shape index (κ2) is 5.62. The number of hydrogen-bond acceptors (Lipinski definition) is 4. The number of aryl methyl sites for hydroxylation is 1. The lowest BCUT2D eigenvalue weighted by Gasteiger charge is -2.26. The highest BCUT2D eigenvalue weighted by molar-refractivity contribution is 5.10. The third-order valence-electron chi connectivity index (χ3n) is 3.64. The van der Waals surface area contributed by atoms with E-state index in [1.165, 1.54) is 0 Å². The Labute approximate surface area is 102 Å². The van der Waals surface area contributed by atoms with E-state index < -0.39 is 0 Å². The molecule has 1 aromatic rings. The number of rotatable bonds is 5. The zero-order chi connectivity index (χ0) is 12.3. The van der Waals surface area contributed by atoms with Crippen LogP contribution in [0.2, 0.25) is 0 Å². The van der Waals surface area contributed by atoms with E-state index >= 15 is 0 Å². The second-order valence-corrected chi connectivity index (χ2v) is 4.49. The largest absolute Gasteiger partial charge is 0.378 e. The molecule has 0 saturated carbocycles. The van der Waals surface area contributed by atoms with Crippen molar-refractivity contribution in [1.29, 1.82) is 0 Å². The molecule has 0 bridgehead atoms. The van der Waals surface area contributed by atoms with Crippen LogP contribution in [-0.2, 0) is 11.3 Å². The molecule has 96 valence electrons. The first-order valence-electron chi connectivity index (χ1n) is 6.41. The van der Waals surface area contributed by atoms with Crippen molar-refractivity contribution in [3.63, 3.8) is 0 Å². The third-order valence-corrected chi connectivity index (χ3v) is 3.64. The molecule has 0 amide bonds. The van der Waals surface area contributed by atoms with Gasteiger partial charge in [-0.15, -0.1) is 0 Å². The maximum absolute atomic E-state index is 5.74. The SMILES string of the molecule is CCC1OCCC1C(NN)c1ccnn1CC. The molecule has 2 heterocycles. The number of nitrogens with one attached hydrogen (secondary N) is 1. The van der Waals surface area contributed by atoms with Gasteiger partial charge in [0.25, 0.3) is 0 Å². The van der Waals surface area contributed by atoms with Gasteiger partial charge in [-0.1, -0.05) is 6.92 Å². The summed E-state index contributed by atoms with van der Waals surface area (Å²) < 4.78 is 7.74. The van der Waals surface area contributed by atoms with Gasteiger partial charge in [-0.2, -0.15) is 5.10 Å². The minimum absolute atomic E-state index is 0.130. The molecule has 1 saturated heterocycles. The summed E-state index contributed by atoms with van der Waals surface area (Å²) in [5.74, 6) is 6.17. The Hall–Kier alpha value is -0.910. The van der Waals surface area contributed by atoms with Gasteiger partial charge in [-0.25, -0.2) is 0 Å². The van der Waals surface area contributed by atoms with Gasteiger partial charge in [-0.05, 0) is 25.8 Å². The molecule has 5 nitrogen and oxygen atoms in total. The number of hydrogen-bond donors (Lipinski definition) is 2. The molecule has 17 heavy (non-hydrogen) atoms. The van der Waals surface area contributed by atoms with E-state index in [1.54, 1.807) is 0 Å². The van der Waals surface area contributed by atoms with E-state index in [2.05, 4.69) is 24.4 Å². The van der Waals surface area contributed by atoms with Crippen LogP contribution in [0.15, 0.2) is 12.3 Å². The van der Waals surface area contributed by atoms with Crippen LogP contribution >= 0.6 is 0 Å². The van der Waals surface area contributed by atoms with Crippen molar-refractivity contribution in [3.8, 4) is 0 Å². The van der Waals surface area contributed by atoms with E-state index in [0.717, 1.165) is 31.7 Å². The summed E-state index contributed by atoms with van der Waals surface area (Å²) in [5.41, 5.74) is 4.10. The summed E-state index contributed by atoms with van der Waals surface area (Å²) in [4.78, 5) is 0. The number of nitrogens with zero attached hydrogens (tertiary/aromatic N) is 2. The highest BCUT2D eigenvalue weighted by Gasteiger charge is 2.35. The molecule has 3 N–H and O–H groups in total. The molecule has 3 unspecified atom stereocenters. The summed E-state index contributed by atoms with van der Waals surface area (Å²) in [5, 5.41) is 4.31. The molecule has 1 aliphatic rings. The lowest BCUT2D eigenvalue weighted by molar-refractivity contribution is 0.0764. The molecular formula is C12H22N4O. The molecular weight excluding hydrogens is 216 g/mol. The van der Waals surface area contributed by atoms with Gasteiger partial charge < -0.3 is 4.74 Å². The van der Waals surface area contributed by atoms with Crippen LogP contribution in [-0.4, -0.2) is 22.5 Å². The molecule has 0 spiro atoms. The Morgan fingerprint density at radius 2 is 2.47 bits per heavy atom. The van der Waals surface area contributed by atoms with Crippen molar-refractivity contribution in [3.05, 3.63) is 18.0 Å². The quantitative estimate of drug-likeness (QED) is 0.598. The van der Waals surface area contributed by atoms with Crippen LogP contribution in [0, 0.1) is 5.92 Å². The van der Waals surface area contributed by atoms with Crippen LogP contribution in [0.25, 0.3) is 0 Å². The Balaban J connectivity index is 2.21. The number of nitrogens with two attached hydrogens (primary N) is 1. The molecule has 2 rings (SSSR count). The third kappa shape index (κ3) is 2.36. The Morgan fingerprint density at radius 1 is 1.65 bits per heavy atom. The summed E-state index contributed by atoms with van der Waals surface area (Å²) >= 11 is 0. The lowest BCUT2D eigenvalue weighted by atomic mass is 9.89. The van der Waals surface area contributed by atoms with Gasteiger partial charge in [0, 0.05) is 25.3 Å². The van der Waals surface area contributed by atoms with Crippen molar-refractivity contribution in [2.75, 3.05) is 6.61 Å². The second-order valence-electron chi connectivity index (χ2n) is 4.49. The Bertz CT molecular complexity index is 352. The van der Waals surface area contributed by atoms with E-state index in [-0.39, 0.29) is 6.04 Å². The molecule has 1 aliphatic heterocycles. The van der Waals surface area contributed by atoms with Crippen molar-refractivity contribution < 1.29 is 4.74 Å². The first kappa shape index (κ1) is 12.5. The minimum atomic E-state index is 0.130. The Kier molecular flexibility index (Phi) is 4.15. The Morgan fingerprint density at radius 3 is 3.12 bits per heavy atom. The molecule has 0 aromatic carbocycles. The minimum Gasteiger partial charge on any atom is -0.378 e. The zero-order valence-electron chi connectivity index (χ0n) is 10.6. The predicted molar refractivity (Wildman–Crippen MR) is 66.1 cm³/mol. The molecule has 0 aliphatic carbocycles. The van der Waals surface area contributed by atoms with Gasteiger partial charge in [0.2, 0.25) is 0 Å². The molecule has 5 heteroatoms. The van der Waals surface area contributed by atoms with Crippen LogP contribution in [0.3, 0.4) is 0 Å². The summed E-state index contributed by atoms with van der Waals surface area (Å²) in [6.07, 6.45) is 4.22. The van der Waals surface area contributed by atoms with Gasteiger partial charge in [-0.3, -0.25) is 16.0 Å². The van der Waals surface area contributed by atoms with Crippen LogP contribution < -0.4 is 11.3 Å². The highest BCUT2D eigenvalue weighted by atomic mass is 16.5. The van der Waals surface area contributed by atoms with Crippen LogP contribution in [0.5, 0.6) is 0 Å². The lowest BCUT2D eigenvalue weighted by Crippen LogP contribution is -2.38. The predicted octanol–water partition coefficient (Wildman–Crippen LogP) is 1.22. The summed E-state index contributed by atoms with van der Waals surface area (Å²) in [6.45, 7) is 5.95. The first-order chi connectivity index (χ1) is 8.31. The molecule has 1 aromatic heterocycles. The fourth-order valence-corrected chi connectivity index (χ4v) is 2.77. The average molecular weight is 238 g/mol. The van der Waals surface area contributed by atoms with E-state index in [0.29, 0.717) is 12.0 Å². The number of aromatic nitrogens is 2. The first-order valence-corrected chi connectivity index (χ1v) is 6.41. The van der Waals surface area contributed by atoms with E-state index in [1.807, 2.05) is 16.9 Å². The van der Waals surface area contributed by atoms with Gasteiger partial charge in [0.1, 0.15) is 0 Å². The topological polar surface area (TPSA) is 65.1 Å². The maximum atomic E-state index is 5.74. The van der Waals surface area contributed by atoms with Gasteiger partial charge >= 0.3 is 0 Å². The summed E-state index contributed by atoms with van der Waals surface area (Å²) in [6, 6.07) is 2.17. The van der Waals surface area contributed by atoms with Crippen LogP contribution in [0.4, 0.5) is 0 Å². The number of hydrazine groups is 1. The monoisotopic (exact) mass is 238 g/mol. The summed E-state index contributed by atoms with van der Waals surface area (Å²) in [7, 11) is 0. The van der Waals surface area contributed by atoms with E-state index in [9.17, 15) is 0 Å². The maximum Gasteiger partial charge on any atom is 0.0682 e. The fourth-order valence-electron chi connectivity index (χ4n) is 2.77. The van der Waals surface area contributed by atoms with Gasteiger partial charge in [0.05, 0.1) is 17.8 Å². The molecule has 1 fully saturated rings. The zero-order valence-corrected chi connectivity index (χ0v) is 10.6. The average Bonchev–Trinajstić information content (AvgIpc) is 2.98. The highest BCUT2D eigenvalue weighted by Crippen LogP contribution is 2.34. The molecule has 0 radical (unpaired) electrons. The van der Waals surface area contributed by atoms with Crippen molar-refractivity contribution in [1.82, 2.24) is 15.2 Å². The molecule has 3 atom stereocenters. The van der Waals surface area contributed by atoms with Crippen LogP contribution in [0.1, 0.15) is 38.4 Å². The van der Waals surface area contributed by atoms with Crippen molar-refractivity contribution in [2.45, 2.75) is 45.4 Å². The van der Waals surface area contributed by atoms with Crippen molar-refractivity contribution in [2.24, 2.45) is 11.8 Å². The van der Waals surface area contributed by atoms with Gasteiger partial charge in [0.15, 0.2) is 0 Å². The smallest absolute Gasteiger partial charge is 0.0682 e. The standard InChI is InChI=1S/C12H22N4O/c1-3-11-9(6-8-17-11)12(15-13)10-5-7-14-16(10)4-2/h5,7,9,11-12,15H,3-4,6,8,13H2,1-2H3. The number of ether oxygens (including phenoxy) is 1.